The Bertz CT molecular complexity index is 450. The standard InChI is InChI=1S/C16H22N2O2/c1-2-18(13-15-7-5-10-19-15)9-11-20-16-8-4-3-6-14(16)12-17/h3-4,6,8,15H,2,5,7,9-11,13H2,1H3. The number of likely N-dealkylation sites (N-methyl/N-ethyl adjacent to an activating group) is 1. The van der Waals surface area contributed by atoms with E-state index in [1.165, 1.54) is 6.42 Å². The van der Waals surface area contributed by atoms with Crippen LogP contribution in [0.25, 0.3) is 0 Å². The van der Waals surface area contributed by atoms with Crippen LogP contribution in [0.1, 0.15) is 25.3 Å². The molecule has 1 aromatic rings. The fourth-order valence-corrected chi connectivity index (χ4v) is 2.42. The van der Waals surface area contributed by atoms with Crippen LogP contribution in [0.4, 0.5) is 0 Å². The number of hydrogen-bond acceptors (Lipinski definition) is 4. The molecule has 1 atom stereocenters. The van der Waals surface area contributed by atoms with Gasteiger partial charge in [0.1, 0.15) is 18.4 Å². The van der Waals surface area contributed by atoms with Gasteiger partial charge in [-0.25, -0.2) is 0 Å². The molecule has 1 aromatic carbocycles. The van der Waals surface area contributed by atoms with Gasteiger partial charge in [0.15, 0.2) is 0 Å². The van der Waals surface area contributed by atoms with E-state index in [0.717, 1.165) is 32.7 Å². The van der Waals surface area contributed by atoms with Crippen LogP contribution in [0.15, 0.2) is 24.3 Å². The first-order valence-electron chi connectivity index (χ1n) is 7.29. The third-order valence-corrected chi connectivity index (χ3v) is 3.61. The maximum atomic E-state index is 9.01. The number of ether oxygens (including phenoxy) is 2. The predicted octanol–water partition coefficient (Wildman–Crippen LogP) is 2.44. The minimum atomic E-state index is 0.376. The van der Waals surface area contributed by atoms with Gasteiger partial charge in [0.25, 0.3) is 0 Å². The van der Waals surface area contributed by atoms with Gasteiger partial charge in [0.2, 0.25) is 0 Å². The second kappa shape index (κ2) is 7.88. The van der Waals surface area contributed by atoms with E-state index in [0.29, 0.717) is 24.0 Å². The monoisotopic (exact) mass is 274 g/mol. The molecule has 1 aliphatic rings. The van der Waals surface area contributed by atoms with Crippen LogP contribution < -0.4 is 4.74 Å². The van der Waals surface area contributed by atoms with Crippen molar-refractivity contribution in [2.75, 3.05) is 32.8 Å². The molecule has 20 heavy (non-hydrogen) atoms. The van der Waals surface area contributed by atoms with E-state index in [9.17, 15) is 0 Å². The molecule has 2 rings (SSSR count). The lowest BCUT2D eigenvalue weighted by atomic mass is 10.2. The molecular formula is C16H22N2O2. The SMILES string of the molecule is CCN(CCOc1ccccc1C#N)CC1CCCO1. The zero-order valence-electron chi connectivity index (χ0n) is 12.0. The summed E-state index contributed by atoms with van der Waals surface area (Å²) in [5.41, 5.74) is 0.592. The van der Waals surface area contributed by atoms with Gasteiger partial charge >= 0.3 is 0 Å². The molecule has 1 aliphatic heterocycles. The molecule has 0 aliphatic carbocycles. The fourth-order valence-electron chi connectivity index (χ4n) is 2.42. The lowest BCUT2D eigenvalue weighted by Gasteiger charge is -2.23. The van der Waals surface area contributed by atoms with Crippen LogP contribution in [0.3, 0.4) is 0 Å². The van der Waals surface area contributed by atoms with E-state index >= 15 is 0 Å². The van der Waals surface area contributed by atoms with Crippen LogP contribution >= 0.6 is 0 Å². The smallest absolute Gasteiger partial charge is 0.137 e. The molecule has 108 valence electrons. The number of nitriles is 1. The van der Waals surface area contributed by atoms with Gasteiger partial charge in [-0.15, -0.1) is 0 Å². The van der Waals surface area contributed by atoms with Crippen molar-refractivity contribution < 1.29 is 9.47 Å². The summed E-state index contributed by atoms with van der Waals surface area (Å²) in [6.07, 6.45) is 2.71. The highest BCUT2D eigenvalue weighted by Crippen LogP contribution is 2.17. The molecule has 0 bridgehead atoms. The van der Waals surface area contributed by atoms with Gasteiger partial charge < -0.3 is 9.47 Å². The first-order valence-corrected chi connectivity index (χ1v) is 7.29. The van der Waals surface area contributed by atoms with Crippen LogP contribution in [0, 0.1) is 11.3 Å². The molecule has 1 fully saturated rings. The second-order valence-corrected chi connectivity index (χ2v) is 4.98. The van der Waals surface area contributed by atoms with Crippen molar-refractivity contribution in [1.29, 1.82) is 5.26 Å². The minimum absolute atomic E-state index is 0.376. The number of benzene rings is 1. The largest absolute Gasteiger partial charge is 0.491 e. The van der Waals surface area contributed by atoms with Crippen molar-refractivity contribution in [2.45, 2.75) is 25.9 Å². The molecule has 4 nitrogen and oxygen atoms in total. The first-order chi connectivity index (χ1) is 9.83. The lowest BCUT2D eigenvalue weighted by Crippen LogP contribution is -2.35. The summed E-state index contributed by atoms with van der Waals surface area (Å²) >= 11 is 0. The maximum absolute atomic E-state index is 9.01. The minimum Gasteiger partial charge on any atom is -0.491 e. The number of rotatable bonds is 7. The summed E-state index contributed by atoms with van der Waals surface area (Å²) < 4.78 is 11.4. The van der Waals surface area contributed by atoms with Crippen molar-refractivity contribution in [2.24, 2.45) is 0 Å². The third kappa shape index (κ3) is 4.22. The molecule has 0 spiro atoms. The van der Waals surface area contributed by atoms with Gasteiger partial charge in [0, 0.05) is 19.7 Å². The summed E-state index contributed by atoms with van der Waals surface area (Å²) in [5, 5.41) is 9.01. The Morgan fingerprint density at radius 3 is 3.00 bits per heavy atom. The molecule has 0 N–H and O–H groups in total. The molecule has 0 saturated carbocycles. The Morgan fingerprint density at radius 2 is 2.30 bits per heavy atom. The van der Waals surface area contributed by atoms with Crippen molar-refractivity contribution in [3.63, 3.8) is 0 Å². The quantitative estimate of drug-likeness (QED) is 0.766. The van der Waals surface area contributed by atoms with Crippen LogP contribution in [-0.2, 0) is 4.74 Å². The van der Waals surface area contributed by atoms with Crippen molar-refractivity contribution in [1.82, 2.24) is 4.90 Å². The van der Waals surface area contributed by atoms with Crippen molar-refractivity contribution in [3.8, 4) is 11.8 Å². The van der Waals surface area contributed by atoms with E-state index in [4.69, 9.17) is 14.7 Å². The Balaban J connectivity index is 1.77. The van der Waals surface area contributed by atoms with Gasteiger partial charge in [-0.3, -0.25) is 4.90 Å². The average Bonchev–Trinajstić information content (AvgIpc) is 2.99. The summed E-state index contributed by atoms with van der Waals surface area (Å²) in [4.78, 5) is 2.34. The highest BCUT2D eigenvalue weighted by atomic mass is 16.5. The predicted molar refractivity (Wildman–Crippen MR) is 77.7 cm³/mol. The number of para-hydroxylation sites is 1. The molecule has 0 aromatic heterocycles. The van der Waals surface area contributed by atoms with Crippen LogP contribution in [0.5, 0.6) is 5.75 Å². The van der Waals surface area contributed by atoms with Crippen LogP contribution in [-0.4, -0.2) is 43.9 Å². The number of nitrogens with zero attached hydrogens (tertiary/aromatic N) is 2. The van der Waals surface area contributed by atoms with Crippen LogP contribution in [0.2, 0.25) is 0 Å². The fraction of sp³-hybridized carbons (Fsp3) is 0.562. The summed E-state index contributed by atoms with van der Waals surface area (Å²) in [6, 6.07) is 9.50. The van der Waals surface area contributed by atoms with Gasteiger partial charge in [0.05, 0.1) is 11.7 Å². The molecule has 1 saturated heterocycles. The summed E-state index contributed by atoms with van der Waals surface area (Å²) in [7, 11) is 0. The highest BCUT2D eigenvalue weighted by Gasteiger charge is 2.18. The van der Waals surface area contributed by atoms with E-state index in [-0.39, 0.29) is 0 Å². The average molecular weight is 274 g/mol. The molecular weight excluding hydrogens is 252 g/mol. The molecule has 1 heterocycles. The zero-order chi connectivity index (χ0) is 14.2. The first kappa shape index (κ1) is 14.8. The third-order valence-electron chi connectivity index (χ3n) is 3.61. The van der Waals surface area contributed by atoms with E-state index < -0.39 is 0 Å². The van der Waals surface area contributed by atoms with E-state index in [1.54, 1.807) is 6.07 Å². The topological polar surface area (TPSA) is 45.5 Å². The van der Waals surface area contributed by atoms with Gasteiger partial charge in [-0.2, -0.15) is 5.26 Å². The Labute approximate surface area is 120 Å². The highest BCUT2D eigenvalue weighted by molar-refractivity contribution is 5.42. The maximum Gasteiger partial charge on any atom is 0.137 e. The zero-order valence-corrected chi connectivity index (χ0v) is 12.0. The normalized spacial score (nSPS) is 18.1. The molecule has 0 radical (unpaired) electrons. The van der Waals surface area contributed by atoms with Gasteiger partial charge in [-0.1, -0.05) is 19.1 Å². The lowest BCUT2D eigenvalue weighted by molar-refractivity contribution is 0.0701. The Hall–Kier alpha value is -1.57. The van der Waals surface area contributed by atoms with Gasteiger partial charge in [-0.05, 0) is 31.5 Å². The van der Waals surface area contributed by atoms with Crippen molar-refractivity contribution >= 4 is 0 Å². The molecule has 1 unspecified atom stereocenters. The second-order valence-electron chi connectivity index (χ2n) is 4.98. The van der Waals surface area contributed by atoms with Crippen molar-refractivity contribution in [3.05, 3.63) is 29.8 Å². The number of hydrogen-bond donors (Lipinski definition) is 0. The van der Waals surface area contributed by atoms with E-state index in [1.807, 2.05) is 18.2 Å². The molecule has 4 heteroatoms. The van der Waals surface area contributed by atoms with E-state index in [2.05, 4.69) is 17.9 Å². The molecule has 0 amide bonds. The summed E-state index contributed by atoms with van der Waals surface area (Å²) in [6.45, 7) is 6.46. The Morgan fingerprint density at radius 1 is 1.45 bits per heavy atom. The summed E-state index contributed by atoms with van der Waals surface area (Å²) in [5.74, 6) is 0.670. The Kier molecular flexibility index (Phi) is 5.85.